The van der Waals surface area contributed by atoms with Gasteiger partial charge < -0.3 is 0 Å². The topological polar surface area (TPSA) is 25.8 Å². The molecule has 0 atom stereocenters. The summed E-state index contributed by atoms with van der Waals surface area (Å²) in [4.78, 5) is 8.36. The summed E-state index contributed by atoms with van der Waals surface area (Å²) in [5, 5.41) is 2.40. The Bertz CT molecular complexity index is 632. The standard InChI is InChI=1S/2C9H7N.Se2/c2*1-2-6-9-8(4-1)5-3-7-10-9;1-2/h2*1-7H;. The molecule has 22 heavy (non-hydrogen) atoms. The van der Waals surface area contributed by atoms with Gasteiger partial charge in [-0.05, 0) is 24.3 Å². The number of aromatic nitrogens is 2. The van der Waals surface area contributed by atoms with Crippen molar-refractivity contribution >= 4 is 50.2 Å². The first kappa shape index (κ1) is 16.7. The van der Waals surface area contributed by atoms with Crippen LogP contribution in [0.3, 0.4) is 0 Å². The van der Waals surface area contributed by atoms with Crippen molar-refractivity contribution in [2.24, 2.45) is 0 Å². The van der Waals surface area contributed by atoms with E-state index in [1.54, 1.807) is 0 Å². The molecule has 0 aliphatic rings. The van der Waals surface area contributed by atoms with Crippen molar-refractivity contribution in [3.8, 4) is 0 Å². The molecule has 0 N–H and O–H groups in total. The van der Waals surface area contributed by atoms with E-state index < -0.39 is 0 Å². The van der Waals surface area contributed by atoms with Crippen molar-refractivity contribution in [2.75, 3.05) is 0 Å². The fourth-order valence-electron chi connectivity index (χ4n) is 2.03. The van der Waals surface area contributed by atoms with E-state index in [-0.39, 0.29) is 0 Å². The fourth-order valence-corrected chi connectivity index (χ4v) is 2.03. The molecule has 2 aromatic carbocycles. The van der Waals surface area contributed by atoms with Crippen molar-refractivity contribution < 1.29 is 0 Å². The van der Waals surface area contributed by atoms with E-state index in [1.807, 2.05) is 60.9 Å². The molecule has 0 unspecified atom stereocenters. The third-order valence-electron chi connectivity index (χ3n) is 3.02. The van der Waals surface area contributed by atoms with Gasteiger partial charge in [-0.2, -0.15) is 0 Å². The van der Waals surface area contributed by atoms with Crippen LogP contribution in [0.15, 0.2) is 85.2 Å². The SMILES string of the molecule is [Se][Se].c1ccc2ncccc2c1.c1ccc2ncccc2c1. The molecule has 0 aliphatic heterocycles. The van der Waals surface area contributed by atoms with Gasteiger partial charge in [0.05, 0.1) is 11.0 Å². The van der Waals surface area contributed by atoms with Gasteiger partial charge in [0.15, 0.2) is 0 Å². The monoisotopic (exact) mass is 418 g/mol. The van der Waals surface area contributed by atoms with Gasteiger partial charge in [0.25, 0.3) is 0 Å². The summed E-state index contributed by atoms with van der Waals surface area (Å²) in [5.74, 6) is 0. The molecule has 0 fully saturated rings. The first-order chi connectivity index (χ1) is 10.9. The van der Waals surface area contributed by atoms with Crippen LogP contribution in [0.4, 0.5) is 0 Å². The first-order valence-corrected chi connectivity index (χ1v) is 11.0. The second-order valence-corrected chi connectivity index (χ2v) is 4.39. The largest absolute Gasteiger partial charge is 0.256 e. The Morgan fingerprint density at radius 3 is 1.27 bits per heavy atom. The molecule has 0 aliphatic carbocycles. The average molecular weight is 416 g/mol. The van der Waals surface area contributed by atoms with E-state index in [0.717, 1.165) is 11.0 Å². The Labute approximate surface area is 145 Å². The normalized spacial score (nSPS) is 9.36. The van der Waals surface area contributed by atoms with Crippen LogP contribution in [-0.2, 0) is 0 Å². The van der Waals surface area contributed by atoms with Gasteiger partial charge in [-0.15, -0.1) is 0 Å². The smallest absolute Gasteiger partial charge is 0.0701 e. The van der Waals surface area contributed by atoms with Crippen LogP contribution < -0.4 is 0 Å². The molecule has 4 heteroatoms. The molecule has 2 nitrogen and oxygen atoms in total. The Balaban J connectivity index is 0.000000144. The van der Waals surface area contributed by atoms with Crippen molar-refractivity contribution in [3.05, 3.63) is 85.2 Å². The molecule has 0 amide bonds. The van der Waals surface area contributed by atoms with Crippen LogP contribution in [0, 0.1) is 0 Å². The van der Waals surface area contributed by atoms with Crippen molar-refractivity contribution in [1.29, 1.82) is 0 Å². The second kappa shape index (κ2) is 9.34. The zero-order chi connectivity index (χ0) is 15.6. The van der Waals surface area contributed by atoms with Crippen molar-refractivity contribution in [3.63, 3.8) is 0 Å². The fraction of sp³-hybridized carbons (Fsp3) is 0. The summed E-state index contributed by atoms with van der Waals surface area (Å²) in [6, 6.07) is 24.2. The quantitative estimate of drug-likeness (QED) is 0.409. The van der Waals surface area contributed by atoms with Crippen molar-refractivity contribution in [1.82, 2.24) is 9.97 Å². The number of fused-ring (bicyclic) bond motifs is 2. The summed E-state index contributed by atoms with van der Waals surface area (Å²) in [6.07, 6.45) is 3.62. The van der Waals surface area contributed by atoms with E-state index in [0.29, 0.717) is 0 Å². The van der Waals surface area contributed by atoms with E-state index in [2.05, 4.69) is 62.6 Å². The number of benzene rings is 2. The minimum absolute atomic E-state index is 1.06. The average Bonchev–Trinajstić information content (AvgIpc) is 2.64. The molecule has 4 rings (SSSR count). The molecule has 0 bridgehead atoms. The van der Waals surface area contributed by atoms with Gasteiger partial charge in [-0.3, -0.25) is 9.97 Å². The third-order valence-corrected chi connectivity index (χ3v) is 3.02. The molecular weight excluding hydrogens is 402 g/mol. The summed E-state index contributed by atoms with van der Waals surface area (Å²) < 4.78 is 0. The summed E-state index contributed by atoms with van der Waals surface area (Å²) >= 11 is 5.00. The molecule has 2 aromatic heterocycles. The number of rotatable bonds is 0. The summed E-state index contributed by atoms with van der Waals surface area (Å²) in [6.45, 7) is 0. The number of pyridine rings is 2. The van der Waals surface area contributed by atoms with Crippen LogP contribution in [-0.4, -0.2) is 38.3 Å². The van der Waals surface area contributed by atoms with Crippen LogP contribution >= 0.6 is 0 Å². The summed E-state index contributed by atoms with van der Waals surface area (Å²) in [5.41, 5.74) is 2.12. The van der Waals surface area contributed by atoms with Gasteiger partial charge in [-0.25, -0.2) is 0 Å². The minimum atomic E-state index is 1.06. The number of hydrogen-bond acceptors (Lipinski definition) is 2. The maximum atomic E-state index is 4.18. The Morgan fingerprint density at radius 2 is 0.864 bits per heavy atom. The zero-order valence-corrected chi connectivity index (χ0v) is 15.2. The second-order valence-electron chi connectivity index (χ2n) is 4.39. The molecule has 0 spiro atoms. The molecule has 4 aromatic rings. The Kier molecular flexibility index (Phi) is 7.08. The maximum absolute atomic E-state index is 4.18. The molecule has 0 saturated carbocycles. The molecular formula is C18H14N2Se2. The van der Waals surface area contributed by atoms with Gasteiger partial charge in [-0.1, -0.05) is 48.5 Å². The van der Waals surface area contributed by atoms with Gasteiger partial charge in [0.2, 0.25) is 0 Å². The maximum Gasteiger partial charge on any atom is 0.0701 e. The van der Waals surface area contributed by atoms with Crippen LogP contribution in [0.25, 0.3) is 21.8 Å². The van der Waals surface area contributed by atoms with E-state index in [1.165, 1.54) is 10.8 Å². The Morgan fingerprint density at radius 1 is 0.500 bits per heavy atom. The minimum Gasteiger partial charge on any atom is -0.256 e. The van der Waals surface area contributed by atoms with E-state index in [9.17, 15) is 0 Å². The number of para-hydroxylation sites is 2. The predicted molar refractivity (Wildman–Crippen MR) is 95.0 cm³/mol. The van der Waals surface area contributed by atoms with Crippen LogP contribution in [0.1, 0.15) is 0 Å². The molecule has 108 valence electrons. The van der Waals surface area contributed by atoms with Gasteiger partial charge in [0, 0.05) is 23.2 Å². The van der Waals surface area contributed by atoms with E-state index >= 15 is 0 Å². The van der Waals surface area contributed by atoms with Gasteiger partial charge in [0.1, 0.15) is 0 Å². The zero-order valence-electron chi connectivity index (χ0n) is 11.8. The number of hydrogen-bond donors (Lipinski definition) is 0. The van der Waals surface area contributed by atoms with Crippen LogP contribution in [0.2, 0.25) is 0 Å². The van der Waals surface area contributed by atoms with Gasteiger partial charge >= 0.3 is 28.4 Å². The Hall–Kier alpha value is -1.70. The molecule has 2 radical (unpaired) electrons. The summed E-state index contributed by atoms with van der Waals surface area (Å²) in [7, 11) is 0. The van der Waals surface area contributed by atoms with E-state index in [4.69, 9.17) is 0 Å². The first-order valence-electron chi connectivity index (χ1n) is 6.70. The van der Waals surface area contributed by atoms with Crippen LogP contribution in [0.5, 0.6) is 0 Å². The molecule has 2 heterocycles. The number of nitrogens with zero attached hydrogens (tertiary/aromatic N) is 2. The predicted octanol–water partition coefficient (Wildman–Crippen LogP) is 3.71. The molecule has 0 saturated heterocycles. The third kappa shape index (κ3) is 4.65. The van der Waals surface area contributed by atoms with Crippen molar-refractivity contribution in [2.45, 2.75) is 0 Å².